The van der Waals surface area contributed by atoms with E-state index < -0.39 is 0 Å². The first-order valence-electron chi connectivity index (χ1n) is 13.9. The molecule has 1 fully saturated rings. The van der Waals surface area contributed by atoms with E-state index in [4.69, 9.17) is 0 Å². The number of hydrogen-bond acceptors (Lipinski definition) is 4. The van der Waals surface area contributed by atoms with Crippen LogP contribution in [0.1, 0.15) is 40.0 Å². The van der Waals surface area contributed by atoms with Gasteiger partial charge in [0, 0.05) is 33.3 Å². The third kappa shape index (κ3) is 5.49. The fourth-order valence-electron chi connectivity index (χ4n) is 6.33. The summed E-state index contributed by atoms with van der Waals surface area (Å²) in [6.45, 7) is 4.83. The molecule has 1 N–H and O–H groups in total. The van der Waals surface area contributed by atoms with Crippen LogP contribution in [0, 0.1) is 18.6 Å². The number of fused-ring (bicyclic) bond motifs is 2. The highest BCUT2D eigenvalue weighted by Crippen LogP contribution is 2.52. The van der Waals surface area contributed by atoms with Crippen molar-refractivity contribution in [2.24, 2.45) is 0 Å². The molecule has 1 amide bonds. The molecule has 41 heavy (non-hydrogen) atoms. The molecule has 1 unspecified atom stereocenters. The molecular weight excluding hydrogens is 536 g/mol. The van der Waals surface area contributed by atoms with Crippen LogP contribution in [0.15, 0.2) is 101 Å². The molecule has 0 aliphatic carbocycles. The standard InChI is InChI=1S/C34H32F2N3OS/c1-24-21-26(14-17-38-24)33(40)39(20-2-3-25-4-6-27(35)7-5-25)23-34(15-18-37-19-16-34)31-22-30(12-13-32(31)39)41-29-10-8-28(36)9-11-29/h2-14,17,21-22,37H,15-16,18-20,23H2,1H3/q+1/b3-2+. The van der Waals surface area contributed by atoms with Crippen molar-refractivity contribution in [3.05, 3.63) is 125 Å². The molecule has 3 aromatic carbocycles. The minimum absolute atomic E-state index is 0.0508. The molecule has 2 aliphatic heterocycles. The topological polar surface area (TPSA) is 42.0 Å². The molecule has 1 saturated heterocycles. The summed E-state index contributed by atoms with van der Waals surface area (Å²) in [7, 11) is 0. The van der Waals surface area contributed by atoms with E-state index in [0.29, 0.717) is 18.7 Å². The molecule has 208 valence electrons. The van der Waals surface area contributed by atoms with Gasteiger partial charge in [-0.3, -0.25) is 4.98 Å². The number of pyridine rings is 1. The summed E-state index contributed by atoms with van der Waals surface area (Å²) in [4.78, 5) is 21.0. The van der Waals surface area contributed by atoms with Crippen LogP contribution in [0.5, 0.6) is 0 Å². The van der Waals surface area contributed by atoms with E-state index >= 15 is 0 Å². The van der Waals surface area contributed by atoms with Gasteiger partial charge in [-0.05, 0) is 105 Å². The highest BCUT2D eigenvalue weighted by molar-refractivity contribution is 7.99. The Bertz CT molecular complexity index is 1600. The Hall–Kier alpha value is -3.65. The van der Waals surface area contributed by atoms with E-state index in [1.807, 2.05) is 31.2 Å². The van der Waals surface area contributed by atoms with Gasteiger partial charge in [-0.15, -0.1) is 0 Å². The van der Waals surface area contributed by atoms with Gasteiger partial charge in [0.1, 0.15) is 30.4 Å². The monoisotopic (exact) mass is 568 g/mol. The molecule has 1 spiro atoms. The number of nitrogens with zero attached hydrogens (tertiary/aromatic N) is 2. The van der Waals surface area contributed by atoms with Gasteiger partial charge in [0.15, 0.2) is 0 Å². The molecule has 3 heterocycles. The Kier molecular flexibility index (Phi) is 7.60. The van der Waals surface area contributed by atoms with Crippen molar-refractivity contribution in [2.45, 2.75) is 35.0 Å². The first-order chi connectivity index (χ1) is 19.9. The summed E-state index contributed by atoms with van der Waals surface area (Å²) in [5.74, 6) is -0.475. The third-order valence-electron chi connectivity index (χ3n) is 8.31. The minimum Gasteiger partial charge on any atom is -0.317 e. The van der Waals surface area contributed by atoms with Crippen LogP contribution in [0.4, 0.5) is 14.5 Å². The Morgan fingerprint density at radius 3 is 2.34 bits per heavy atom. The Labute approximate surface area is 243 Å². The van der Waals surface area contributed by atoms with Gasteiger partial charge in [-0.2, -0.15) is 0 Å². The lowest BCUT2D eigenvalue weighted by Gasteiger charge is -2.36. The molecule has 2 aliphatic rings. The van der Waals surface area contributed by atoms with Crippen molar-refractivity contribution in [1.29, 1.82) is 0 Å². The van der Waals surface area contributed by atoms with Crippen LogP contribution < -0.4 is 9.80 Å². The summed E-state index contributed by atoms with van der Waals surface area (Å²) in [6, 6.07) is 23.1. The third-order valence-corrected chi connectivity index (χ3v) is 9.31. The van der Waals surface area contributed by atoms with Gasteiger partial charge in [0.05, 0.1) is 11.0 Å². The number of hydrogen-bond donors (Lipinski definition) is 1. The summed E-state index contributed by atoms with van der Waals surface area (Å²) >= 11 is 1.61. The smallest absolute Gasteiger partial charge is 0.317 e. The van der Waals surface area contributed by atoms with E-state index in [1.165, 1.54) is 29.8 Å². The maximum absolute atomic E-state index is 14.6. The lowest BCUT2D eigenvalue weighted by atomic mass is 9.75. The number of carbonyl (C=O) groups excluding carboxylic acids is 1. The van der Waals surface area contributed by atoms with E-state index in [-0.39, 0.29) is 27.4 Å². The number of piperidine rings is 1. The van der Waals surface area contributed by atoms with Crippen molar-refractivity contribution < 1.29 is 13.6 Å². The van der Waals surface area contributed by atoms with Crippen LogP contribution in [0.25, 0.3) is 6.08 Å². The van der Waals surface area contributed by atoms with Crippen molar-refractivity contribution in [1.82, 2.24) is 14.8 Å². The number of nitrogens with one attached hydrogen (secondary N) is 1. The van der Waals surface area contributed by atoms with Gasteiger partial charge in [-0.1, -0.05) is 30.0 Å². The number of halogens is 2. The van der Waals surface area contributed by atoms with Crippen LogP contribution in [0.3, 0.4) is 0 Å². The van der Waals surface area contributed by atoms with Gasteiger partial charge in [0.25, 0.3) is 0 Å². The highest BCUT2D eigenvalue weighted by Gasteiger charge is 2.57. The van der Waals surface area contributed by atoms with Crippen molar-refractivity contribution in [3.63, 3.8) is 0 Å². The summed E-state index contributed by atoms with van der Waals surface area (Å²) in [5, 5.41) is 3.51. The molecule has 6 rings (SSSR count). The number of benzene rings is 3. The largest absolute Gasteiger partial charge is 0.351 e. The van der Waals surface area contributed by atoms with Gasteiger partial charge in [0.2, 0.25) is 0 Å². The zero-order valence-electron chi connectivity index (χ0n) is 22.9. The zero-order valence-corrected chi connectivity index (χ0v) is 23.8. The maximum Gasteiger partial charge on any atom is 0.351 e. The molecule has 1 atom stereocenters. The van der Waals surface area contributed by atoms with Crippen LogP contribution in [0.2, 0.25) is 0 Å². The number of amides is 1. The molecule has 1 aromatic heterocycles. The van der Waals surface area contributed by atoms with Crippen LogP contribution in [-0.2, 0) is 5.41 Å². The first-order valence-corrected chi connectivity index (χ1v) is 14.7. The normalized spacial score (nSPS) is 19.5. The number of aromatic nitrogens is 1. The van der Waals surface area contributed by atoms with Gasteiger partial charge < -0.3 is 5.32 Å². The van der Waals surface area contributed by atoms with E-state index in [9.17, 15) is 13.6 Å². The predicted molar refractivity (Wildman–Crippen MR) is 161 cm³/mol. The minimum atomic E-state index is -0.274. The van der Waals surface area contributed by atoms with Crippen molar-refractivity contribution >= 4 is 29.4 Å². The van der Waals surface area contributed by atoms with Gasteiger partial charge in [-0.25, -0.2) is 18.1 Å². The fraction of sp³-hybridized carbons (Fsp3) is 0.235. The fourth-order valence-corrected chi connectivity index (χ4v) is 7.19. The van der Waals surface area contributed by atoms with Crippen molar-refractivity contribution in [2.75, 3.05) is 26.2 Å². The lowest BCUT2D eigenvalue weighted by molar-refractivity contribution is 0.0759. The first kappa shape index (κ1) is 27.5. The molecular formula is C34H32F2N3OS+. The van der Waals surface area contributed by atoms with Crippen LogP contribution in [-0.4, -0.2) is 37.1 Å². The number of quaternary nitrogens is 1. The molecule has 0 radical (unpaired) electrons. The summed E-state index contributed by atoms with van der Waals surface area (Å²) in [6.07, 6.45) is 7.59. The van der Waals surface area contributed by atoms with Crippen LogP contribution >= 0.6 is 11.8 Å². The van der Waals surface area contributed by atoms with E-state index in [2.05, 4.69) is 28.5 Å². The molecule has 4 aromatic rings. The second-order valence-corrected chi connectivity index (χ2v) is 12.2. The van der Waals surface area contributed by atoms with E-state index in [0.717, 1.165) is 52.7 Å². The molecule has 7 heteroatoms. The Morgan fingerprint density at radius 2 is 1.63 bits per heavy atom. The van der Waals surface area contributed by atoms with Gasteiger partial charge >= 0.3 is 5.91 Å². The molecule has 0 bridgehead atoms. The average Bonchev–Trinajstić information content (AvgIpc) is 3.24. The Balaban J connectivity index is 1.45. The number of aryl methyl sites for hydroxylation is 1. The maximum atomic E-state index is 14.6. The van der Waals surface area contributed by atoms with Crippen molar-refractivity contribution in [3.8, 4) is 0 Å². The summed E-state index contributed by atoms with van der Waals surface area (Å²) < 4.78 is 27.2. The molecule has 0 saturated carbocycles. The number of rotatable bonds is 6. The number of carbonyl (C=O) groups is 1. The predicted octanol–water partition coefficient (Wildman–Crippen LogP) is 7.32. The lowest BCUT2D eigenvalue weighted by Crippen LogP contribution is -2.57. The SMILES string of the molecule is Cc1cc(C(=O)[N+]2(C/C=C/c3ccc(F)cc3)CC3(CCNCC3)c3cc(Sc4ccc(F)cc4)ccc32)ccn1. The highest BCUT2D eigenvalue weighted by atomic mass is 32.2. The quantitative estimate of drug-likeness (QED) is 0.248. The Morgan fingerprint density at radius 1 is 0.951 bits per heavy atom. The second-order valence-electron chi connectivity index (χ2n) is 11.0. The average molecular weight is 569 g/mol. The summed E-state index contributed by atoms with van der Waals surface area (Å²) in [5.41, 5.74) is 4.44. The second kappa shape index (κ2) is 11.3. The molecule has 4 nitrogen and oxygen atoms in total. The van der Waals surface area contributed by atoms with E-state index in [1.54, 1.807) is 42.2 Å². The zero-order chi connectivity index (χ0) is 28.5.